The van der Waals surface area contributed by atoms with E-state index in [-0.39, 0.29) is 0 Å². The number of benzene rings is 1. The van der Waals surface area contributed by atoms with Crippen LogP contribution >= 0.6 is 0 Å². The van der Waals surface area contributed by atoms with E-state index in [4.69, 9.17) is 0 Å². The quantitative estimate of drug-likeness (QED) is 0.681. The summed E-state index contributed by atoms with van der Waals surface area (Å²) in [5.41, 5.74) is 5.13. The molecule has 0 bridgehead atoms. The molecule has 0 N–H and O–H groups in total. The van der Waals surface area contributed by atoms with E-state index in [2.05, 4.69) is 65.0 Å². The van der Waals surface area contributed by atoms with Crippen LogP contribution in [0.3, 0.4) is 0 Å². The van der Waals surface area contributed by atoms with Crippen molar-refractivity contribution in [3.8, 4) is 0 Å². The van der Waals surface area contributed by atoms with Crippen molar-refractivity contribution in [2.24, 2.45) is 0 Å². The second-order valence-electron chi connectivity index (χ2n) is 4.60. The van der Waals surface area contributed by atoms with E-state index in [1.165, 1.54) is 16.6 Å². The Labute approximate surface area is 107 Å². The number of aryl methyl sites for hydroxylation is 3. The van der Waals surface area contributed by atoms with Gasteiger partial charge in [0.1, 0.15) is 0 Å². The van der Waals surface area contributed by atoms with E-state index in [0.29, 0.717) is 0 Å². The molecule has 1 aromatic carbocycles. The summed E-state index contributed by atoms with van der Waals surface area (Å²) >= 11 is 0. The topological polar surface area (TPSA) is 17.3 Å². The molecule has 2 heterocycles. The molecule has 90 valence electrons. The minimum absolute atomic E-state index is 1.06. The van der Waals surface area contributed by atoms with Crippen LogP contribution < -0.4 is 0 Å². The van der Waals surface area contributed by atoms with Crippen molar-refractivity contribution in [2.45, 2.75) is 19.8 Å². The fourth-order valence-electron chi connectivity index (χ4n) is 2.42. The van der Waals surface area contributed by atoms with E-state index in [1.54, 1.807) is 0 Å². The summed E-state index contributed by atoms with van der Waals surface area (Å²) in [5.74, 6) is 0. The summed E-state index contributed by atoms with van der Waals surface area (Å²) in [5, 5.41) is 0. The highest BCUT2D eigenvalue weighted by atomic mass is 15.0. The zero-order chi connectivity index (χ0) is 12.4. The Morgan fingerprint density at radius 1 is 1.00 bits per heavy atom. The molecule has 0 aliphatic heterocycles. The third-order valence-electron chi connectivity index (χ3n) is 3.35. The fourth-order valence-corrected chi connectivity index (χ4v) is 2.42. The average Bonchev–Trinajstić information content (AvgIpc) is 2.80. The van der Waals surface area contributed by atoms with Gasteiger partial charge < -0.3 is 4.40 Å². The van der Waals surface area contributed by atoms with Crippen LogP contribution in [0.5, 0.6) is 0 Å². The van der Waals surface area contributed by atoms with Gasteiger partial charge in [-0.1, -0.05) is 36.4 Å². The molecule has 0 unspecified atom stereocenters. The molecule has 3 aromatic rings. The van der Waals surface area contributed by atoms with Crippen molar-refractivity contribution in [3.05, 3.63) is 71.8 Å². The maximum atomic E-state index is 4.37. The van der Waals surface area contributed by atoms with Crippen LogP contribution in [0.1, 0.15) is 16.8 Å². The summed E-state index contributed by atoms with van der Waals surface area (Å²) in [4.78, 5) is 4.37. The van der Waals surface area contributed by atoms with Gasteiger partial charge in [-0.25, -0.2) is 4.98 Å². The van der Waals surface area contributed by atoms with Crippen molar-refractivity contribution >= 4 is 5.52 Å². The van der Waals surface area contributed by atoms with Gasteiger partial charge in [-0.15, -0.1) is 0 Å². The van der Waals surface area contributed by atoms with Crippen LogP contribution in [0.4, 0.5) is 0 Å². The number of pyridine rings is 1. The Balaban J connectivity index is 1.89. The lowest BCUT2D eigenvalue weighted by atomic mass is 10.0. The summed E-state index contributed by atoms with van der Waals surface area (Å²) < 4.78 is 2.11. The van der Waals surface area contributed by atoms with Gasteiger partial charge in [0.15, 0.2) is 0 Å². The van der Waals surface area contributed by atoms with Gasteiger partial charge in [0.25, 0.3) is 0 Å². The second kappa shape index (κ2) is 4.65. The fraction of sp³-hybridized carbons (Fsp3) is 0.188. The van der Waals surface area contributed by atoms with Crippen LogP contribution in [-0.2, 0) is 12.8 Å². The Hall–Kier alpha value is -2.09. The molecule has 2 nitrogen and oxygen atoms in total. The standard InChI is InChI=1S/C16H16N2/c1-13-16-15(8-5-11-18(16)12-17-13)10-9-14-6-3-2-4-7-14/h2-8,11-12H,9-10H2,1H3. The molecule has 3 rings (SSSR count). The first-order valence-electron chi connectivity index (χ1n) is 6.29. The normalized spacial score (nSPS) is 10.9. The summed E-state index contributed by atoms with van der Waals surface area (Å²) in [6.07, 6.45) is 6.07. The van der Waals surface area contributed by atoms with Crippen molar-refractivity contribution in [2.75, 3.05) is 0 Å². The second-order valence-corrected chi connectivity index (χ2v) is 4.60. The van der Waals surface area contributed by atoms with Crippen LogP contribution in [0.2, 0.25) is 0 Å². The van der Waals surface area contributed by atoms with E-state index in [0.717, 1.165) is 18.5 Å². The molecule has 0 fully saturated rings. The van der Waals surface area contributed by atoms with Gasteiger partial charge in [-0.05, 0) is 37.0 Å². The van der Waals surface area contributed by atoms with Gasteiger partial charge in [0, 0.05) is 6.20 Å². The molecule has 0 spiro atoms. The number of imidazole rings is 1. The maximum absolute atomic E-state index is 4.37. The number of aromatic nitrogens is 2. The highest BCUT2D eigenvalue weighted by Gasteiger charge is 2.05. The van der Waals surface area contributed by atoms with Gasteiger partial charge in [-0.3, -0.25) is 0 Å². The predicted octanol–water partition coefficient (Wildman–Crippen LogP) is 3.43. The van der Waals surface area contributed by atoms with E-state index < -0.39 is 0 Å². The van der Waals surface area contributed by atoms with Crippen molar-refractivity contribution < 1.29 is 0 Å². The third-order valence-corrected chi connectivity index (χ3v) is 3.35. The zero-order valence-electron chi connectivity index (χ0n) is 10.5. The van der Waals surface area contributed by atoms with Crippen LogP contribution in [0.15, 0.2) is 55.0 Å². The molecule has 0 atom stereocenters. The summed E-state index contributed by atoms with van der Waals surface area (Å²) in [6.45, 7) is 2.07. The Morgan fingerprint density at radius 3 is 2.67 bits per heavy atom. The lowest BCUT2D eigenvalue weighted by molar-refractivity contribution is 0.956. The van der Waals surface area contributed by atoms with Gasteiger partial charge in [0.05, 0.1) is 17.5 Å². The third kappa shape index (κ3) is 2.02. The molecule has 0 aliphatic carbocycles. The lowest BCUT2D eigenvalue weighted by Gasteiger charge is -2.05. The molecular weight excluding hydrogens is 220 g/mol. The SMILES string of the molecule is Cc1ncn2cccc(CCc3ccccc3)c12. The molecule has 0 saturated carbocycles. The highest BCUT2D eigenvalue weighted by Crippen LogP contribution is 2.16. The molecule has 2 heteroatoms. The number of hydrogen-bond donors (Lipinski definition) is 0. The maximum Gasteiger partial charge on any atom is 0.0995 e. The minimum atomic E-state index is 1.06. The van der Waals surface area contributed by atoms with Gasteiger partial charge in [-0.2, -0.15) is 0 Å². The Bertz CT molecular complexity index is 653. The van der Waals surface area contributed by atoms with E-state index >= 15 is 0 Å². The Kier molecular flexibility index (Phi) is 2.85. The smallest absolute Gasteiger partial charge is 0.0995 e. The molecule has 0 aliphatic rings. The predicted molar refractivity (Wildman–Crippen MR) is 73.8 cm³/mol. The van der Waals surface area contributed by atoms with Crippen molar-refractivity contribution in [3.63, 3.8) is 0 Å². The summed E-state index contributed by atoms with van der Waals surface area (Å²) in [6, 6.07) is 14.9. The molecule has 0 saturated heterocycles. The number of nitrogens with zero attached hydrogens (tertiary/aromatic N) is 2. The average molecular weight is 236 g/mol. The first kappa shape index (κ1) is 11.0. The molecule has 0 amide bonds. The lowest BCUT2D eigenvalue weighted by Crippen LogP contribution is -1.95. The molecular formula is C16H16N2. The van der Waals surface area contributed by atoms with Crippen LogP contribution in [0.25, 0.3) is 5.52 Å². The number of rotatable bonds is 3. The van der Waals surface area contributed by atoms with E-state index in [9.17, 15) is 0 Å². The Morgan fingerprint density at radius 2 is 1.83 bits per heavy atom. The monoisotopic (exact) mass is 236 g/mol. The van der Waals surface area contributed by atoms with Crippen molar-refractivity contribution in [1.29, 1.82) is 0 Å². The van der Waals surface area contributed by atoms with Crippen LogP contribution in [0, 0.1) is 6.92 Å². The van der Waals surface area contributed by atoms with Crippen LogP contribution in [-0.4, -0.2) is 9.38 Å². The molecule has 0 radical (unpaired) electrons. The first-order chi connectivity index (χ1) is 8.84. The zero-order valence-corrected chi connectivity index (χ0v) is 10.5. The van der Waals surface area contributed by atoms with Gasteiger partial charge in [0.2, 0.25) is 0 Å². The minimum Gasteiger partial charge on any atom is -0.306 e. The molecule has 18 heavy (non-hydrogen) atoms. The molecule has 2 aromatic heterocycles. The number of fused-ring (bicyclic) bond motifs is 1. The van der Waals surface area contributed by atoms with E-state index in [1.807, 2.05) is 6.33 Å². The van der Waals surface area contributed by atoms with Gasteiger partial charge >= 0.3 is 0 Å². The summed E-state index contributed by atoms with van der Waals surface area (Å²) in [7, 11) is 0. The first-order valence-corrected chi connectivity index (χ1v) is 6.29. The van der Waals surface area contributed by atoms with Crippen molar-refractivity contribution in [1.82, 2.24) is 9.38 Å². The number of hydrogen-bond acceptors (Lipinski definition) is 1. The largest absolute Gasteiger partial charge is 0.306 e. The highest BCUT2D eigenvalue weighted by molar-refractivity contribution is 5.58.